The molecule has 0 aliphatic rings. The van der Waals surface area contributed by atoms with Crippen molar-refractivity contribution in [2.24, 2.45) is 11.3 Å². The molecule has 0 aromatic rings. The Morgan fingerprint density at radius 3 is 2.29 bits per heavy atom. The normalized spacial score (nSPS) is 15.9. The van der Waals surface area contributed by atoms with Crippen LogP contribution in [0.4, 0.5) is 0 Å². The monoisotopic (exact) mass is 199 g/mol. The second kappa shape index (κ2) is 7.28. The average Bonchev–Trinajstić information content (AvgIpc) is 2.14. The Morgan fingerprint density at radius 2 is 1.86 bits per heavy atom. The lowest BCUT2D eigenvalue weighted by atomic mass is 9.81. The van der Waals surface area contributed by atoms with E-state index in [9.17, 15) is 0 Å². The highest BCUT2D eigenvalue weighted by molar-refractivity contribution is 4.75. The summed E-state index contributed by atoms with van der Waals surface area (Å²) in [5, 5.41) is 3.48. The van der Waals surface area contributed by atoms with Crippen LogP contribution < -0.4 is 5.32 Å². The minimum absolute atomic E-state index is 0.519. The lowest BCUT2D eigenvalue weighted by molar-refractivity contribution is 0.257. The van der Waals surface area contributed by atoms with Gasteiger partial charge in [-0.25, -0.2) is 0 Å². The molecule has 1 atom stereocenters. The molecule has 1 nitrogen and oxygen atoms in total. The van der Waals surface area contributed by atoms with Crippen LogP contribution in [0, 0.1) is 11.3 Å². The van der Waals surface area contributed by atoms with Crippen molar-refractivity contribution in [3.05, 3.63) is 0 Å². The van der Waals surface area contributed by atoms with Crippen molar-refractivity contribution in [3.63, 3.8) is 0 Å². The van der Waals surface area contributed by atoms with Crippen molar-refractivity contribution < 1.29 is 0 Å². The van der Waals surface area contributed by atoms with E-state index in [0.29, 0.717) is 5.41 Å². The van der Waals surface area contributed by atoms with E-state index in [-0.39, 0.29) is 0 Å². The molecular weight excluding hydrogens is 170 g/mol. The van der Waals surface area contributed by atoms with Crippen LogP contribution in [0.3, 0.4) is 0 Å². The van der Waals surface area contributed by atoms with Crippen LogP contribution in [-0.4, -0.2) is 13.1 Å². The zero-order valence-corrected chi connectivity index (χ0v) is 10.8. The second-order valence-corrected chi connectivity index (χ2v) is 5.23. The molecule has 0 aromatic carbocycles. The first-order valence-corrected chi connectivity index (χ1v) is 6.24. The fourth-order valence-electron chi connectivity index (χ4n) is 1.75. The maximum atomic E-state index is 3.48. The first-order valence-electron chi connectivity index (χ1n) is 6.24. The molecule has 0 bridgehead atoms. The Labute approximate surface area is 90.7 Å². The number of hydrogen-bond acceptors (Lipinski definition) is 1. The molecule has 86 valence electrons. The van der Waals surface area contributed by atoms with Crippen molar-refractivity contribution >= 4 is 0 Å². The highest BCUT2D eigenvalue weighted by atomic mass is 14.9. The van der Waals surface area contributed by atoms with Gasteiger partial charge in [-0.05, 0) is 30.7 Å². The van der Waals surface area contributed by atoms with Crippen molar-refractivity contribution in [1.29, 1.82) is 0 Å². The molecule has 1 heteroatoms. The topological polar surface area (TPSA) is 12.0 Å². The first-order chi connectivity index (χ1) is 6.54. The van der Waals surface area contributed by atoms with Gasteiger partial charge in [0.25, 0.3) is 0 Å². The fourth-order valence-corrected chi connectivity index (χ4v) is 1.75. The van der Waals surface area contributed by atoms with Crippen molar-refractivity contribution in [2.75, 3.05) is 13.1 Å². The van der Waals surface area contributed by atoms with Crippen LogP contribution in [0.5, 0.6) is 0 Å². The van der Waals surface area contributed by atoms with Crippen LogP contribution in [0.15, 0.2) is 0 Å². The Bertz CT molecular complexity index is 131. The van der Waals surface area contributed by atoms with Gasteiger partial charge in [0.05, 0.1) is 0 Å². The molecule has 14 heavy (non-hydrogen) atoms. The van der Waals surface area contributed by atoms with Gasteiger partial charge in [-0.2, -0.15) is 0 Å². The van der Waals surface area contributed by atoms with E-state index < -0.39 is 0 Å². The quantitative estimate of drug-likeness (QED) is 0.626. The molecule has 0 fully saturated rings. The molecule has 0 saturated heterocycles. The SMILES string of the molecule is CCNCC(C)(CC)CCCC(C)C. The lowest BCUT2D eigenvalue weighted by Crippen LogP contribution is -2.31. The molecule has 0 spiro atoms. The van der Waals surface area contributed by atoms with Crippen LogP contribution in [0.25, 0.3) is 0 Å². The summed E-state index contributed by atoms with van der Waals surface area (Å²) in [5.74, 6) is 0.857. The maximum Gasteiger partial charge on any atom is 0.000494 e. The Hall–Kier alpha value is -0.0400. The third kappa shape index (κ3) is 6.42. The van der Waals surface area contributed by atoms with E-state index in [0.717, 1.165) is 12.5 Å². The molecule has 0 saturated carbocycles. The molecule has 0 radical (unpaired) electrons. The highest BCUT2D eigenvalue weighted by Gasteiger charge is 2.20. The van der Waals surface area contributed by atoms with Crippen LogP contribution in [0.2, 0.25) is 0 Å². The van der Waals surface area contributed by atoms with Crippen molar-refractivity contribution in [3.8, 4) is 0 Å². The summed E-state index contributed by atoms with van der Waals surface area (Å²) in [6, 6.07) is 0. The van der Waals surface area contributed by atoms with Gasteiger partial charge in [0.1, 0.15) is 0 Å². The van der Waals surface area contributed by atoms with Crippen molar-refractivity contribution in [2.45, 2.75) is 60.3 Å². The highest BCUT2D eigenvalue weighted by Crippen LogP contribution is 2.28. The zero-order chi connectivity index (χ0) is 11.0. The van der Waals surface area contributed by atoms with Gasteiger partial charge in [-0.3, -0.25) is 0 Å². The summed E-state index contributed by atoms with van der Waals surface area (Å²) in [6.45, 7) is 13.8. The summed E-state index contributed by atoms with van der Waals surface area (Å²) in [5.41, 5.74) is 0.519. The summed E-state index contributed by atoms with van der Waals surface area (Å²) >= 11 is 0. The minimum atomic E-state index is 0.519. The predicted molar refractivity (Wildman–Crippen MR) is 65.6 cm³/mol. The molecule has 1 N–H and O–H groups in total. The van der Waals surface area contributed by atoms with Crippen LogP contribution >= 0.6 is 0 Å². The molecule has 0 aromatic heterocycles. The van der Waals surface area contributed by atoms with E-state index in [1.807, 2.05) is 0 Å². The van der Waals surface area contributed by atoms with Crippen LogP contribution in [-0.2, 0) is 0 Å². The number of hydrogen-bond donors (Lipinski definition) is 1. The van der Waals surface area contributed by atoms with Gasteiger partial charge in [0.2, 0.25) is 0 Å². The molecule has 0 amide bonds. The van der Waals surface area contributed by atoms with E-state index in [1.165, 1.54) is 32.2 Å². The van der Waals surface area contributed by atoms with Gasteiger partial charge in [-0.1, -0.05) is 47.5 Å². The summed E-state index contributed by atoms with van der Waals surface area (Å²) in [6.07, 6.45) is 5.42. The summed E-state index contributed by atoms with van der Waals surface area (Å²) in [4.78, 5) is 0. The Balaban J connectivity index is 3.74. The third-order valence-corrected chi connectivity index (χ3v) is 3.22. The van der Waals surface area contributed by atoms with Gasteiger partial charge in [0, 0.05) is 6.54 Å². The van der Waals surface area contributed by atoms with Gasteiger partial charge >= 0.3 is 0 Å². The summed E-state index contributed by atoms with van der Waals surface area (Å²) in [7, 11) is 0. The molecule has 0 heterocycles. The number of nitrogens with one attached hydrogen (secondary N) is 1. The van der Waals surface area contributed by atoms with E-state index in [2.05, 4.69) is 39.9 Å². The number of rotatable bonds is 8. The minimum Gasteiger partial charge on any atom is -0.316 e. The largest absolute Gasteiger partial charge is 0.316 e. The van der Waals surface area contributed by atoms with E-state index in [1.54, 1.807) is 0 Å². The van der Waals surface area contributed by atoms with Gasteiger partial charge < -0.3 is 5.32 Å². The standard InChI is InChI=1S/C13H29N/c1-6-13(5,11-14-7-2)10-8-9-12(3)4/h12,14H,6-11H2,1-5H3. The Morgan fingerprint density at radius 1 is 1.21 bits per heavy atom. The predicted octanol–water partition coefficient (Wildman–Crippen LogP) is 3.84. The third-order valence-electron chi connectivity index (χ3n) is 3.22. The molecule has 0 aliphatic carbocycles. The van der Waals surface area contributed by atoms with E-state index in [4.69, 9.17) is 0 Å². The van der Waals surface area contributed by atoms with Gasteiger partial charge in [-0.15, -0.1) is 0 Å². The molecular formula is C13H29N. The Kier molecular flexibility index (Phi) is 7.26. The zero-order valence-electron chi connectivity index (χ0n) is 10.8. The smallest absolute Gasteiger partial charge is 0.000494 e. The van der Waals surface area contributed by atoms with Crippen LogP contribution in [0.1, 0.15) is 60.3 Å². The average molecular weight is 199 g/mol. The fraction of sp³-hybridized carbons (Fsp3) is 1.00. The summed E-state index contributed by atoms with van der Waals surface area (Å²) < 4.78 is 0. The lowest BCUT2D eigenvalue weighted by Gasteiger charge is -2.28. The van der Waals surface area contributed by atoms with E-state index >= 15 is 0 Å². The molecule has 0 aliphatic heterocycles. The first kappa shape index (κ1) is 14.0. The second-order valence-electron chi connectivity index (χ2n) is 5.23. The van der Waals surface area contributed by atoms with Gasteiger partial charge in [0.15, 0.2) is 0 Å². The molecule has 1 unspecified atom stereocenters. The molecule has 0 rings (SSSR count). The van der Waals surface area contributed by atoms with Crippen molar-refractivity contribution in [1.82, 2.24) is 5.32 Å². The maximum absolute atomic E-state index is 3.48.